The first-order chi connectivity index (χ1) is 20.8. The SMILES string of the molecule is CCC(C)CCNCC1=CC=C(c2ccc(O)c3c2C[C@H]2C[C@H]4[C@H](N(C)C)C(=O)C(C(N)=O)=C(O)[C@@]4(O)C(=O)C2=C3O)OC1. The van der Waals surface area contributed by atoms with E-state index >= 15 is 0 Å². The molecule has 0 saturated heterocycles. The van der Waals surface area contributed by atoms with E-state index in [9.17, 15) is 34.8 Å². The second-order valence-corrected chi connectivity index (χ2v) is 12.6. The molecule has 0 aromatic heterocycles. The number of carbonyl (C=O) groups is 3. The van der Waals surface area contributed by atoms with Crippen molar-refractivity contribution in [1.82, 2.24) is 10.2 Å². The minimum absolute atomic E-state index is 0.0210. The number of rotatable bonds is 9. The molecule has 1 unspecified atom stereocenters. The molecule has 1 aromatic rings. The van der Waals surface area contributed by atoms with Crippen molar-refractivity contribution in [3.05, 3.63) is 63.5 Å². The fourth-order valence-electron chi connectivity index (χ4n) is 7.01. The molecule has 7 N–H and O–H groups in total. The lowest BCUT2D eigenvalue weighted by atomic mass is 9.57. The van der Waals surface area contributed by atoms with Crippen LogP contribution in [-0.4, -0.2) is 88.2 Å². The van der Waals surface area contributed by atoms with E-state index in [0.717, 1.165) is 25.0 Å². The molecular weight excluding hydrogens is 566 g/mol. The number of ketones is 2. The molecule has 11 heteroatoms. The molecular formula is C33H41N3O8. The number of nitrogens with two attached hydrogens (primary N) is 1. The first-order valence-corrected chi connectivity index (χ1v) is 15.1. The lowest BCUT2D eigenvalue weighted by molar-refractivity contribution is -0.153. The third-order valence-corrected chi connectivity index (χ3v) is 9.62. The Morgan fingerprint density at radius 3 is 2.55 bits per heavy atom. The summed E-state index contributed by atoms with van der Waals surface area (Å²) in [6.45, 7) is 6.38. The number of aromatic hydroxyl groups is 1. The van der Waals surface area contributed by atoms with Crippen LogP contribution in [0, 0.1) is 17.8 Å². The summed E-state index contributed by atoms with van der Waals surface area (Å²) in [5.41, 5.74) is 4.00. The average molecular weight is 608 g/mol. The van der Waals surface area contributed by atoms with Crippen LogP contribution in [0.3, 0.4) is 0 Å². The molecule has 11 nitrogen and oxygen atoms in total. The first-order valence-electron chi connectivity index (χ1n) is 15.1. The van der Waals surface area contributed by atoms with Crippen LogP contribution in [0.5, 0.6) is 5.75 Å². The van der Waals surface area contributed by atoms with E-state index in [1.807, 2.05) is 12.2 Å². The third-order valence-electron chi connectivity index (χ3n) is 9.62. The predicted octanol–water partition coefficient (Wildman–Crippen LogP) is 2.29. The number of likely N-dealkylation sites (N-methyl/N-ethyl adjacent to an activating group) is 1. The summed E-state index contributed by atoms with van der Waals surface area (Å²) in [4.78, 5) is 40.9. The molecule has 0 radical (unpaired) electrons. The third kappa shape index (κ3) is 5.02. The molecule has 0 bridgehead atoms. The van der Waals surface area contributed by atoms with E-state index in [4.69, 9.17) is 10.5 Å². The molecule has 236 valence electrons. The number of amides is 1. The number of hydrogen-bond donors (Lipinski definition) is 6. The van der Waals surface area contributed by atoms with E-state index < -0.39 is 58.0 Å². The summed E-state index contributed by atoms with van der Waals surface area (Å²) in [7, 11) is 3.14. The van der Waals surface area contributed by atoms with Crippen molar-refractivity contribution in [2.75, 3.05) is 33.8 Å². The van der Waals surface area contributed by atoms with E-state index in [-0.39, 0.29) is 29.7 Å². The van der Waals surface area contributed by atoms with Crippen molar-refractivity contribution in [3.63, 3.8) is 0 Å². The van der Waals surface area contributed by atoms with Crippen LogP contribution >= 0.6 is 0 Å². The maximum Gasteiger partial charge on any atom is 0.255 e. The molecule has 4 aliphatic rings. The van der Waals surface area contributed by atoms with Gasteiger partial charge in [-0.05, 0) is 81.1 Å². The number of nitrogens with one attached hydrogen (secondary N) is 1. The minimum atomic E-state index is -2.67. The second kappa shape index (κ2) is 11.9. The number of aliphatic hydroxyl groups excluding tert-OH is 2. The molecule has 5 rings (SSSR count). The Labute approximate surface area is 256 Å². The number of benzene rings is 1. The lowest BCUT2D eigenvalue weighted by Gasteiger charge is -2.50. The number of primary amides is 1. The highest BCUT2D eigenvalue weighted by atomic mass is 16.5. The summed E-state index contributed by atoms with van der Waals surface area (Å²) in [5.74, 6) is -5.59. The van der Waals surface area contributed by atoms with Crippen LogP contribution in [0.15, 0.2) is 46.8 Å². The van der Waals surface area contributed by atoms with Gasteiger partial charge < -0.3 is 36.2 Å². The number of nitrogens with zero attached hydrogens (tertiary/aromatic N) is 1. The Balaban J connectivity index is 1.52. The van der Waals surface area contributed by atoms with Gasteiger partial charge in [0, 0.05) is 23.6 Å². The summed E-state index contributed by atoms with van der Waals surface area (Å²) in [6, 6.07) is 1.96. The smallest absolute Gasteiger partial charge is 0.255 e. The molecule has 0 spiro atoms. The second-order valence-electron chi connectivity index (χ2n) is 12.6. The zero-order valence-corrected chi connectivity index (χ0v) is 25.5. The summed E-state index contributed by atoms with van der Waals surface area (Å²) >= 11 is 0. The van der Waals surface area contributed by atoms with Gasteiger partial charge in [-0.1, -0.05) is 26.3 Å². The number of aliphatic hydroxyl groups is 3. The minimum Gasteiger partial charge on any atom is -0.508 e. The van der Waals surface area contributed by atoms with Crippen LogP contribution < -0.4 is 11.1 Å². The van der Waals surface area contributed by atoms with Gasteiger partial charge in [-0.2, -0.15) is 0 Å². The highest BCUT2D eigenvalue weighted by Crippen LogP contribution is 2.53. The molecule has 5 atom stereocenters. The van der Waals surface area contributed by atoms with Crippen LogP contribution in [0.2, 0.25) is 0 Å². The zero-order valence-electron chi connectivity index (χ0n) is 25.5. The molecule has 1 heterocycles. The number of phenolic OH excluding ortho intramolecular Hbond substituents is 1. The van der Waals surface area contributed by atoms with Gasteiger partial charge in [0.25, 0.3) is 5.91 Å². The van der Waals surface area contributed by atoms with Gasteiger partial charge in [-0.15, -0.1) is 0 Å². The summed E-state index contributed by atoms with van der Waals surface area (Å²) < 4.78 is 6.12. The molecule has 1 fully saturated rings. The average Bonchev–Trinajstić information content (AvgIpc) is 2.97. The van der Waals surface area contributed by atoms with Crippen LogP contribution in [-0.2, 0) is 25.5 Å². The number of carbonyl (C=O) groups excluding carboxylic acids is 3. The van der Waals surface area contributed by atoms with E-state index in [1.165, 1.54) is 11.0 Å². The first kappa shape index (κ1) is 31.5. The van der Waals surface area contributed by atoms with Crippen molar-refractivity contribution in [3.8, 4) is 5.75 Å². The Morgan fingerprint density at radius 2 is 1.93 bits per heavy atom. The number of phenols is 1. The van der Waals surface area contributed by atoms with Crippen LogP contribution in [0.1, 0.15) is 49.8 Å². The Hall–Kier alpha value is -3.93. The molecule has 1 aromatic carbocycles. The molecule has 44 heavy (non-hydrogen) atoms. The Morgan fingerprint density at radius 1 is 1.20 bits per heavy atom. The fraction of sp³-hybridized carbons (Fsp3) is 0.485. The van der Waals surface area contributed by atoms with Crippen molar-refractivity contribution in [2.24, 2.45) is 23.5 Å². The van der Waals surface area contributed by atoms with Gasteiger partial charge in [0.15, 0.2) is 11.4 Å². The highest BCUT2D eigenvalue weighted by Gasteiger charge is 2.64. The van der Waals surface area contributed by atoms with Gasteiger partial charge in [0.05, 0.1) is 11.6 Å². The van der Waals surface area contributed by atoms with Gasteiger partial charge in [-0.3, -0.25) is 19.3 Å². The van der Waals surface area contributed by atoms with Gasteiger partial charge in [0.1, 0.15) is 35.2 Å². The quantitative estimate of drug-likeness (QED) is 0.180. The maximum atomic E-state index is 14.0. The number of ether oxygens (including phenoxy) is 1. The van der Waals surface area contributed by atoms with Crippen LogP contribution in [0.25, 0.3) is 11.5 Å². The fourth-order valence-corrected chi connectivity index (χ4v) is 7.01. The van der Waals surface area contributed by atoms with Crippen molar-refractivity contribution < 1.29 is 39.5 Å². The topological polar surface area (TPSA) is 183 Å². The monoisotopic (exact) mass is 607 g/mol. The maximum absolute atomic E-state index is 14.0. The van der Waals surface area contributed by atoms with Gasteiger partial charge in [0.2, 0.25) is 5.78 Å². The lowest BCUT2D eigenvalue weighted by Crippen LogP contribution is -2.65. The van der Waals surface area contributed by atoms with Crippen molar-refractivity contribution >= 4 is 29.0 Å². The van der Waals surface area contributed by atoms with Gasteiger partial charge in [-0.25, -0.2) is 0 Å². The number of fused-ring (bicyclic) bond motifs is 3. The highest BCUT2D eigenvalue weighted by molar-refractivity contribution is 6.24. The molecule has 1 aliphatic heterocycles. The largest absolute Gasteiger partial charge is 0.508 e. The molecule has 1 saturated carbocycles. The van der Waals surface area contributed by atoms with E-state index in [1.54, 1.807) is 20.2 Å². The summed E-state index contributed by atoms with van der Waals surface area (Å²) in [6.07, 6.45) is 6.28. The Bertz CT molecular complexity index is 1540. The predicted molar refractivity (Wildman–Crippen MR) is 163 cm³/mol. The van der Waals surface area contributed by atoms with Gasteiger partial charge >= 0.3 is 0 Å². The number of Topliss-reactive ketones (excluding diaryl/α,β-unsaturated/α-hetero) is 2. The van der Waals surface area contributed by atoms with Crippen LogP contribution in [0.4, 0.5) is 0 Å². The number of allylic oxidation sites excluding steroid dienone is 2. The Kier molecular flexibility index (Phi) is 8.50. The van der Waals surface area contributed by atoms with E-state index in [0.29, 0.717) is 36.0 Å². The molecule has 1 amide bonds. The van der Waals surface area contributed by atoms with E-state index in [2.05, 4.69) is 19.2 Å². The zero-order chi connectivity index (χ0) is 32.1. The molecule has 3 aliphatic carbocycles. The standard InChI is InChI=1S/C33H41N3O8/c1-5-16(2)10-11-35-14-17-6-9-23(44-15-17)19-7-8-22(37)25-20(19)12-18-13-21-27(36(3)4)29(39)26(32(34)42)31(41)33(21,43)30(40)24(18)28(25)38/h6-9,16,18,21,27,35,37-38,41,43H,5,10-15H2,1-4H3,(H2,34,42)/t16?,18-,21-,27-,33-/m0/s1. The summed E-state index contributed by atoms with van der Waals surface area (Å²) in [5, 5.41) is 48.5. The van der Waals surface area contributed by atoms with Crippen molar-refractivity contribution in [2.45, 2.75) is 51.2 Å². The van der Waals surface area contributed by atoms with Crippen molar-refractivity contribution in [1.29, 1.82) is 0 Å². The normalized spacial score (nSPS) is 27.3. The number of hydrogen-bond acceptors (Lipinski definition) is 10.